The average Bonchev–Trinajstić information content (AvgIpc) is 2.37. The van der Waals surface area contributed by atoms with Crippen molar-refractivity contribution < 1.29 is 4.39 Å². The van der Waals surface area contributed by atoms with Gasteiger partial charge in [0.05, 0.1) is 6.54 Å². The fraction of sp³-hybridized carbons (Fsp3) is 0.214. The van der Waals surface area contributed by atoms with Crippen molar-refractivity contribution in [3.63, 3.8) is 0 Å². The Balaban J connectivity index is 2.34. The van der Waals surface area contributed by atoms with Crippen LogP contribution in [0.25, 0.3) is 0 Å². The first-order valence-corrected chi connectivity index (χ1v) is 5.75. The lowest BCUT2D eigenvalue weighted by Crippen LogP contribution is -2.22. The second-order valence-corrected chi connectivity index (χ2v) is 4.25. The maximum absolute atomic E-state index is 13.8. The van der Waals surface area contributed by atoms with Gasteiger partial charge in [0.25, 0.3) is 5.56 Å². The second-order valence-electron chi connectivity index (χ2n) is 4.25. The summed E-state index contributed by atoms with van der Waals surface area (Å²) in [4.78, 5) is 11.8. The largest absolute Gasteiger partial charge is 0.326 e. The summed E-state index contributed by atoms with van der Waals surface area (Å²) in [6, 6.07) is 8.39. The van der Waals surface area contributed by atoms with Gasteiger partial charge in [0.15, 0.2) is 0 Å². The average molecular weight is 246 g/mol. The molecule has 94 valence electrons. The van der Waals surface area contributed by atoms with Gasteiger partial charge in [0.1, 0.15) is 5.82 Å². The van der Waals surface area contributed by atoms with E-state index in [9.17, 15) is 9.18 Å². The topological polar surface area (TPSA) is 48.0 Å². The number of nitrogens with two attached hydrogens (primary N) is 1. The summed E-state index contributed by atoms with van der Waals surface area (Å²) < 4.78 is 15.3. The number of hydrogen-bond acceptors (Lipinski definition) is 2. The van der Waals surface area contributed by atoms with E-state index >= 15 is 0 Å². The highest BCUT2D eigenvalue weighted by molar-refractivity contribution is 5.25. The van der Waals surface area contributed by atoms with E-state index in [-0.39, 0.29) is 17.9 Å². The maximum atomic E-state index is 13.8. The van der Waals surface area contributed by atoms with Crippen molar-refractivity contribution in [2.75, 3.05) is 0 Å². The first-order valence-electron chi connectivity index (χ1n) is 5.75. The zero-order valence-electron chi connectivity index (χ0n) is 10.2. The molecule has 0 aliphatic heterocycles. The standard InChI is InChI=1S/C14H15FN2O/c1-10-3-2-6-17(14(10)18)9-12-5-4-11(8-16)7-13(12)15/h2-7H,8-9,16H2,1H3. The molecule has 3 nitrogen and oxygen atoms in total. The Bertz CT molecular complexity index is 619. The third-order valence-electron chi connectivity index (χ3n) is 2.90. The summed E-state index contributed by atoms with van der Waals surface area (Å²) >= 11 is 0. The molecule has 0 spiro atoms. The Morgan fingerprint density at radius 1 is 1.33 bits per heavy atom. The molecule has 0 aliphatic rings. The predicted molar refractivity (Wildman–Crippen MR) is 68.8 cm³/mol. The highest BCUT2D eigenvalue weighted by Gasteiger charge is 2.05. The summed E-state index contributed by atoms with van der Waals surface area (Å²) in [6.07, 6.45) is 1.66. The van der Waals surface area contributed by atoms with Crippen LogP contribution in [-0.2, 0) is 13.1 Å². The molecule has 2 N–H and O–H groups in total. The lowest BCUT2D eigenvalue weighted by atomic mass is 10.1. The predicted octanol–water partition coefficient (Wildman–Crippen LogP) is 1.80. The minimum atomic E-state index is -0.327. The smallest absolute Gasteiger partial charge is 0.253 e. The first kappa shape index (κ1) is 12.5. The molecule has 0 atom stereocenters. The van der Waals surface area contributed by atoms with E-state index < -0.39 is 0 Å². The molecule has 0 unspecified atom stereocenters. The van der Waals surface area contributed by atoms with Crippen LogP contribution in [0, 0.1) is 12.7 Å². The van der Waals surface area contributed by atoms with Gasteiger partial charge in [-0.2, -0.15) is 0 Å². The van der Waals surface area contributed by atoms with Crippen LogP contribution in [0.3, 0.4) is 0 Å². The summed E-state index contributed by atoms with van der Waals surface area (Å²) in [5, 5.41) is 0. The van der Waals surface area contributed by atoms with Gasteiger partial charge < -0.3 is 10.3 Å². The fourth-order valence-electron chi connectivity index (χ4n) is 1.81. The normalized spacial score (nSPS) is 10.6. The minimum Gasteiger partial charge on any atom is -0.326 e. The Labute approximate surface area is 105 Å². The van der Waals surface area contributed by atoms with Gasteiger partial charge >= 0.3 is 0 Å². The van der Waals surface area contributed by atoms with Gasteiger partial charge in [-0.15, -0.1) is 0 Å². The van der Waals surface area contributed by atoms with E-state index in [0.29, 0.717) is 17.7 Å². The van der Waals surface area contributed by atoms with Gasteiger partial charge in [-0.25, -0.2) is 4.39 Å². The lowest BCUT2D eigenvalue weighted by Gasteiger charge is -2.08. The molecule has 0 aliphatic carbocycles. The van der Waals surface area contributed by atoms with Crippen LogP contribution in [0.5, 0.6) is 0 Å². The molecule has 0 bridgehead atoms. The van der Waals surface area contributed by atoms with E-state index in [2.05, 4.69) is 0 Å². The summed E-state index contributed by atoms with van der Waals surface area (Å²) in [6.45, 7) is 2.28. The van der Waals surface area contributed by atoms with E-state index in [1.807, 2.05) is 0 Å². The van der Waals surface area contributed by atoms with Crippen LogP contribution < -0.4 is 11.3 Å². The van der Waals surface area contributed by atoms with E-state index in [1.165, 1.54) is 10.6 Å². The van der Waals surface area contributed by atoms with Crippen LogP contribution >= 0.6 is 0 Å². The number of aryl methyl sites for hydroxylation is 1. The molecular formula is C14H15FN2O. The Morgan fingerprint density at radius 3 is 2.78 bits per heavy atom. The Hall–Kier alpha value is -1.94. The second kappa shape index (κ2) is 5.14. The fourth-order valence-corrected chi connectivity index (χ4v) is 1.81. The maximum Gasteiger partial charge on any atom is 0.253 e. The summed E-state index contributed by atoms with van der Waals surface area (Å²) in [7, 11) is 0. The van der Waals surface area contributed by atoms with Crippen molar-refractivity contribution in [1.82, 2.24) is 4.57 Å². The Morgan fingerprint density at radius 2 is 2.11 bits per heavy atom. The van der Waals surface area contributed by atoms with Crippen LogP contribution in [-0.4, -0.2) is 4.57 Å². The SMILES string of the molecule is Cc1cccn(Cc2ccc(CN)cc2F)c1=O. The molecule has 2 aromatic rings. The monoisotopic (exact) mass is 246 g/mol. The molecule has 4 heteroatoms. The number of nitrogens with zero attached hydrogens (tertiary/aromatic N) is 1. The molecule has 2 rings (SSSR count). The molecule has 1 heterocycles. The zero-order valence-corrected chi connectivity index (χ0v) is 10.2. The number of benzene rings is 1. The number of aromatic nitrogens is 1. The van der Waals surface area contributed by atoms with Crippen molar-refractivity contribution in [2.45, 2.75) is 20.0 Å². The van der Waals surface area contributed by atoms with Crippen molar-refractivity contribution in [1.29, 1.82) is 0 Å². The summed E-state index contributed by atoms with van der Waals surface area (Å²) in [5.74, 6) is -0.327. The first-order chi connectivity index (χ1) is 8.61. The molecular weight excluding hydrogens is 231 g/mol. The van der Waals surface area contributed by atoms with Crippen molar-refractivity contribution in [3.05, 3.63) is 69.4 Å². The molecule has 0 amide bonds. The van der Waals surface area contributed by atoms with Gasteiger partial charge in [0, 0.05) is 23.9 Å². The van der Waals surface area contributed by atoms with Crippen LogP contribution in [0.15, 0.2) is 41.3 Å². The van der Waals surface area contributed by atoms with Crippen molar-refractivity contribution >= 4 is 0 Å². The lowest BCUT2D eigenvalue weighted by molar-refractivity contribution is 0.593. The van der Waals surface area contributed by atoms with Gasteiger partial charge in [-0.1, -0.05) is 18.2 Å². The molecule has 0 saturated carbocycles. The highest BCUT2D eigenvalue weighted by atomic mass is 19.1. The molecule has 1 aromatic carbocycles. The minimum absolute atomic E-state index is 0.0974. The molecule has 0 saturated heterocycles. The Kier molecular flexibility index (Phi) is 3.58. The quantitative estimate of drug-likeness (QED) is 0.897. The van der Waals surface area contributed by atoms with E-state index in [1.54, 1.807) is 37.4 Å². The third kappa shape index (κ3) is 2.49. The molecule has 18 heavy (non-hydrogen) atoms. The number of halogens is 1. The van der Waals surface area contributed by atoms with Gasteiger partial charge in [0.2, 0.25) is 0 Å². The molecule has 0 radical (unpaired) electrons. The number of pyridine rings is 1. The van der Waals surface area contributed by atoms with Crippen LogP contribution in [0.1, 0.15) is 16.7 Å². The van der Waals surface area contributed by atoms with Gasteiger partial charge in [-0.3, -0.25) is 4.79 Å². The summed E-state index contributed by atoms with van der Waals surface area (Å²) in [5.41, 5.74) is 7.22. The molecule has 1 aromatic heterocycles. The van der Waals surface area contributed by atoms with E-state index in [0.717, 1.165) is 5.56 Å². The van der Waals surface area contributed by atoms with Crippen LogP contribution in [0.4, 0.5) is 4.39 Å². The van der Waals surface area contributed by atoms with Gasteiger partial charge in [-0.05, 0) is 24.6 Å². The van der Waals surface area contributed by atoms with E-state index in [4.69, 9.17) is 5.73 Å². The zero-order chi connectivity index (χ0) is 13.1. The highest BCUT2D eigenvalue weighted by Crippen LogP contribution is 2.11. The molecule has 0 fully saturated rings. The number of hydrogen-bond donors (Lipinski definition) is 1. The van der Waals surface area contributed by atoms with Crippen molar-refractivity contribution in [3.8, 4) is 0 Å². The van der Waals surface area contributed by atoms with Crippen LogP contribution in [0.2, 0.25) is 0 Å². The third-order valence-corrected chi connectivity index (χ3v) is 2.90. The number of rotatable bonds is 3. The van der Waals surface area contributed by atoms with Crippen molar-refractivity contribution in [2.24, 2.45) is 5.73 Å².